The molecule has 1 spiro atoms. The summed E-state index contributed by atoms with van der Waals surface area (Å²) < 4.78 is 26.4. The van der Waals surface area contributed by atoms with Crippen LogP contribution in [0.15, 0.2) is 24.4 Å². The summed E-state index contributed by atoms with van der Waals surface area (Å²) >= 11 is 0. The summed E-state index contributed by atoms with van der Waals surface area (Å²) in [5.41, 5.74) is 0.238. The number of hydrogen-bond donors (Lipinski definition) is 1. The number of ether oxygens (including phenoxy) is 4. The van der Waals surface area contributed by atoms with Crippen LogP contribution in [0.3, 0.4) is 0 Å². The van der Waals surface area contributed by atoms with Gasteiger partial charge in [-0.15, -0.1) is 5.10 Å². The van der Waals surface area contributed by atoms with Crippen molar-refractivity contribution in [2.45, 2.75) is 83.6 Å². The summed E-state index contributed by atoms with van der Waals surface area (Å²) in [6.07, 6.45) is 5.36. The van der Waals surface area contributed by atoms with E-state index in [4.69, 9.17) is 28.7 Å². The second kappa shape index (κ2) is 9.87. The van der Waals surface area contributed by atoms with Gasteiger partial charge in [-0.25, -0.2) is 14.5 Å². The van der Waals surface area contributed by atoms with Crippen LogP contribution >= 0.6 is 0 Å². The lowest BCUT2D eigenvalue weighted by atomic mass is 9.58. The molecule has 11 heteroatoms. The van der Waals surface area contributed by atoms with Gasteiger partial charge in [-0.05, 0) is 50.2 Å². The number of phenols is 1. The minimum absolute atomic E-state index is 0.109. The molecule has 8 atom stereocenters. The number of rotatable bonds is 8. The van der Waals surface area contributed by atoms with E-state index in [9.17, 15) is 9.90 Å². The molecule has 7 rings (SSSR count). The Hall–Kier alpha value is -2.57. The molecule has 1 aliphatic carbocycles. The molecule has 1 N–H and O–H groups in total. The first-order valence-electron chi connectivity index (χ1n) is 13.4. The Balaban J connectivity index is 1.06. The van der Waals surface area contributed by atoms with Crippen LogP contribution in [0, 0.1) is 23.7 Å². The molecule has 1 saturated carbocycles. The van der Waals surface area contributed by atoms with E-state index >= 15 is 0 Å². The van der Waals surface area contributed by atoms with Crippen molar-refractivity contribution in [1.29, 1.82) is 0 Å². The zero-order valence-electron chi connectivity index (χ0n) is 21.9. The molecule has 206 valence electrons. The summed E-state index contributed by atoms with van der Waals surface area (Å²) in [4.78, 5) is 22.9. The molecule has 0 unspecified atom stereocenters. The van der Waals surface area contributed by atoms with E-state index in [2.05, 4.69) is 24.2 Å². The number of carbonyl (C=O) groups is 1. The van der Waals surface area contributed by atoms with Gasteiger partial charge in [0.2, 0.25) is 5.79 Å². The molecule has 0 radical (unpaired) electrons. The Morgan fingerprint density at radius 3 is 2.89 bits per heavy atom. The molecule has 0 amide bonds. The first kappa shape index (κ1) is 25.7. The third-order valence-electron chi connectivity index (χ3n) is 8.80. The predicted molar refractivity (Wildman–Crippen MR) is 131 cm³/mol. The van der Waals surface area contributed by atoms with E-state index in [0.717, 1.165) is 25.7 Å². The van der Waals surface area contributed by atoms with Gasteiger partial charge in [0.1, 0.15) is 23.8 Å². The van der Waals surface area contributed by atoms with Crippen molar-refractivity contribution >= 4 is 6.29 Å². The standard InChI is InChI=1S/C27H35N3O8/c1-16-4-7-22-17(2)24(35-25-27(22)21(16)8-9-26(3,36-25)37-38-27)33-11-10-30-13-19(28-29-30)15-34-20-6-5-18(14-31)23(32)12-20/h5-6,12-14,16-17,21-22,24-25,32H,4,7-11,15H2,1-3H3/t16-,17-,21+,22+,24+,25-,26-,27-/m1/s1. The molecule has 1 aromatic carbocycles. The summed E-state index contributed by atoms with van der Waals surface area (Å²) in [6.45, 7) is 7.44. The van der Waals surface area contributed by atoms with E-state index in [0.29, 0.717) is 42.7 Å². The van der Waals surface area contributed by atoms with E-state index < -0.39 is 24.0 Å². The van der Waals surface area contributed by atoms with Gasteiger partial charge in [0.25, 0.3) is 0 Å². The van der Waals surface area contributed by atoms with Crippen LogP contribution in [0.5, 0.6) is 11.5 Å². The van der Waals surface area contributed by atoms with Crippen LogP contribution in [0.2, 0.25) is 0 Å². The molecule has 4 aliphatic heterocycles. The van der Waals surface area contributed by atoms with Crippen molar-refractivity contribution in [1.82, 2.24) is 15.0 Å². The molecule has 5 fully saturated rings. The molecule has 5 aliphatic rings. The van der Waals surface area contributed by atoms with Crippen LogP contribution < -0.4 is 4.74 Å². The molecule has 4 saturated heterocycles. The zero-order chi connectivity index (χ0) is 26.5. The highest BCUT2D eigenvalue weighted by molar-refractivity contribution is 5.79. The predicted octanol–water partition coefficient (Wildman–Crippen LogP) is 3.60. The van der Waals surface area contributed by atoms with Crippen LogP contribution in [0.4, 0.5) is 0 Å². The maximum atomic E-state index is 10.8. The first-order valence-corrected chi connectivity index (χ1v) is 13.4. The minimum Gasteiger partial charge on any atom is -0.507 e. The number of aldehydes is 1. The molecule has 5 heterocycles. The Kier molecular flexibility index (Phi) is 6.68. The summed E-state index contributed by atoms with van der Waals surface area (Å²) in [7, 11) is 0. The van der Waals surface area contributed by atoms with Crippen LogP contribution in [0.1, 0.15) is 62.5 Å². The highest BCUT2D eigenvalue weighted by Crippen LogP contribution is 2.60. The van der Waals surface area contributed by atoms with Crippen molar-refractivity contribution in [3.63, 3.8) is 0 Å². The number of carbonyl (C=O) groups excluding carboxylic acids is 1. The van der Waals surface area contributed by atoms with Gasteiger partial charge in [0.15, 0.2) is 24.5 Å². The summed E-state index contributed by atoms with van der Waals surface area (Å²) in [6, 6.07) is 4.52. The fraction of sp³-hybridized carbons (Fsp3) is 0.667. The largest absolute Gasteiger partial charge is 0.507 e. The molecule has 11 nitrogen and oxygen atoms in total. The number of nitrogens with zero attached hydrogens (tertiary/aromatic N) is 3. The van der Waals surface area contributed by atoms with Gasteiger partial charge in [-0.3, -0.25) is 4.79 Å². The number of benzene rings is 1. The van der Waals surface area contributed by atoms with Crippen LogP contribution in [0.25, 0.3) is 0 Å². The smallest absolute Gasteiger partial charge is 0.201 e. The number of fused-ring (bicyclic) bond motifs is 2. The molecule has 2 bridgehead atoms. The Morgan fingerprint density at radius 1 is 1.21 bits per heavy atom. The number of aromatic nitrogens is 3. The van der Waals surface area contributed by atoms with E-state index in [1.807, 2.05) is 6.92 Å². The number of phenolic OH excluding ortho intramolecular Hbond substituents is 1. The van der Waals surface area contributed by atoms with E-state index in [1.54, 1.807) is 16.9 Å². The quantitative estimate of drug-likeness (QED) is 0.401. The molecular formula is C27H35N3O8. The second-order valence-electron chi connectivity index (χ2n) is 11.2. The number of aromatic hydroxyl groups is 1. The Labute approximate surface area is 221 Å². The molecular weight excluding hydrogens is 494 g/mol. The van der Waals surface area contributed by atoms with E-state index in [-0.39, 0.29) is 29.8 Å². The lowest BCUT2D eigenvalue weighted by Crippen LogP contribution is -2.70. The molecule has 2 aromatic rings. The van der Waals surface area contributed by atoms with Gasteiger partial charge in [0, 0.05) is 24.3 Å². The minimum atomic E-state index is -0.808. The average Bonchev–Trinajstić information content (AvgIpc) is 3.23. The highest BCUT2D eigenvalue weighted by Gasteiger charge is 2.69. The Bertz CT molecular complexity index is 1170. The topological polar surface area (TPSA) is 123 Å². The lowest BCUT2D eigenvalue weighted by Gasteiger charge is -2.60. The van der Waals surface area contributed by atoms with Gasteiger partial charge in [-0.2, -0.15) is 0 Å². The Morgan fingerprint density at radius 2 is 2.08 bits per heavy atom. The van der Waals surface area contributed by atoms with Gasteiger partial charge in [0.05, 0.1) is 24.9 Å². The maximum Gasteiger partial charge on any atom is 0.201 e. The third-order valence-corrected chi connectivity index (χ3v) is 8.80. The summed E-state index contributed by atoms with van der Waals surface area (Å²) in [5, 5.41) is 18.1. The van der Waals surface area contributed by atoms with E-state index in [1.165, 1.54) is 12.1 Å². The monoisotopic (exact) mass is 529 g/mol. The normalized spacial score (nSPS) is 37.9. The van der Waals surface area contributed by atoms with Gasteiger partial charge in [-0.1, -0.05) is 19.1 Å². The lowest BCUT2D eigenvalue weighted by molar-refractivity contribution is -0.577. The van der Waals surface area contributed by atoms with Crippen molar-refractivity contribution in [3.8, 4) is 11.5 Å². The molecule has 1 aromatic heterocycles. The van der Waals surface area contributed by atoms with Crippen LogP contribution in [-0.4, -0.2) is 57.0 Å². The van der Waals surface area contributed by atoms with Crippen molar-refractivity contribution in [2.75, 3.05) is 6.61 Å². The van der Waals surface area contributed by atoms with Crippen molar-refractivity contribution < 1.29 is 38.6 Å². The SMILES string of the molecule is C[C@H]1[C@@H](OCCn2cc(COc3ccc(C=O)c(O)c3)nn2)O[C@@H]2O[C@@]3(C)CC[C@H]4[C@H](C)CC[C@@H]1[C@@]24OO3. The fourth-order valence-electron chi connectivity index (χ4n) is 6.71. The number of hydrogen-bond acceptors (Lipinski definition) is 10. The second-order valence-corrected chi connectivity index (χ2v) is 11.2. The van der Waals surface area contributed by atoms with Crippen LogP contribution in [-0.2, 0) is 37.1 Å². The van der Waals surface area contributed by atoms with Crippen molar-refractivity contribution in [3.05, 3.63) is 35.7 Å². The highest BCUT2D eigenvalue weighted by atomic mass is 17.3. The van der Waals surface area contributed by atoms with Crippen molar-refractivity contribution in [2.24, 2.45) is 23.7 Å². The van der Waals surface area contributed by atoms with Gasteiger partial charge < -0.3 is 24.1 Å². The first-order chi connectivity index (χ1) is 18.3. The van der Waals surface area contributed by atoms with Gasteiger partial charge >= 0.3 is 0 Å². The average molecular weight is 530 g/mol. The third kappa shape index (κ3) is 4.40. The fourth-order valence-corrected chi connectivity index (χ4v) is 6.71. The summed E-state index contributed by atoms with van der Waals surface area (Å²) in [5.74, 6) is 0.657. The maximum absolute atomic E-state index is 10.8. The zero-order valence-corrected chi connectivity index (χ0v) is 21.9. The molecule has 38 heavy (non-hydrogen) atoms.